The van der Waals surface area contributed by atoms with Gasteiger partial charge in [0.05, 0.1) is 11.1 Å². The van der Waals surface area contributed by atoms with Crippen LogP contribution >= 0.6 is 0 Å². The van der Waals surface area contributed by atoms with E-state index in [9.17, 15) is 18.8 Å². The molecule has 190 valence electrons. The van der Waals surface area contributed by atoms with Crippen LogP contribution in [-0.2, 0) is 15.0 Å². The van der Waals surface area contributed by atoms with E-state index in [0.717, 1.165) is 37.1 Å². The summed E-state index contributed by atoms with van der Waals surface area (Å²) in [4.78, 5) is 38.0. The van der Waals surface area contributed by atoms with Crippen molar-refractivity contribution in [2.45, 2.75) is 45.1 Å². The molecule has 35 heavy (non-hydrogen) atoms. The number of amides is 1. The maximum Gasteiger partial charge on any atom is 0.328 e. The van der Waals surface area contributed by atoms with Gasteiger partial charge in [-0.2, -0.15) is 0 Å². The lowest BCUT2D eigenvalue weighted by molar-refractivity contribution is -0.134. The van der Waals surface area contributed by atoms with E-state index in [0.29, 0.717) is 29.2 Å². The molecule has 1 amide bonds. The number of hydrogen-bond acceptors (Lipinski definition) is 5. The lowest BCUT2D eigenvalue weighted by Gasteiger charge is -2.40. The fourth-order valence-corrected chi connectivity index (χ4v) is 4.25. The third-order valence-electron chi connectivity index (χ3n) is 6.21. The number of carbonyl (C=O) groups is 3. The first-order valence-electron chi connectivity index (χ1n) is 10.8. The summed E-state index contributed by atoms with van der Waals surface area (Å²) in [6.45, 7) is 8.76. The van der Waals surface area contributed by atoms with Crippen LogP contribution in [0, 0.1) is 5.82 Å². The number of carbonyl (C=O) groups excluding carboxylic acids is 1. The molecule has 1 aromatic carbocycles. The number of hydrogen-bond donors (Lipinski definition) is 4. The molecule has 0 atom stereocenters. The molecule has 0 spiro atoms. The van der Waals surface area contributed by atoms with E-state index < -0.39 is 23.7 Å². The van der Waals surface area contributed by atoms with Crippen molar-refractivity contribution in [2.24, 2.45) is 5.73 Å². The van der Waals surface area contributed by atoms with Gasteiger partial charge in [-0.3, -0.25) is 9.89 Å². The zero-order chi connectivity index (χ0) is 25.2. The Bertz CT molecular complexity index is 1250. The number of H-pyrrole nitrogens is 1. The molecular weight excluding hydrogens is 461 g/mol. The molecule has 0 aliphatic carbocycles. The summed E-state index contributed by atoms with van der Waals surface area (Å²) in [6.07, 6.45) is 5.13. The molecule has 3 heterocycles. The maximum absolute atomic E-state index is 13.9. The fourth-order valence-electron chi connectivity index (χ4n) is 4.25. The van der Waals surface area contributed by atoms with E-state index >= 15 is 0 Å². The Kier molecular flexibility index (Phi) is 8.37. The number of piperidine rings is 1. The van der Waals surface area contributed by atoms with Crippen molar-refractivity contribution in [3.05, 3.63) is 47.4 Å². The Balaban J connectivity index is 0.000000418. The van der Waals surface area contributed by atoms with Gasteiger partial charge in [-0.05, 0) is 45.8 Å². The number of carboxylic acid groups (broad SMARTS) is 2. The van der Waals surface area contributed by atoms with Crippen LogP contribution in [0.25, 0.3) is 16.7 Å². The second-order valence-corrected chi connectivity index (χ2v) is 8.84. The molecule has 2 aromatic heterocycles. The third-order valence-corrected chi connectivity index (χ3v) is 6.21. The van der Waals surface area contributed by atoms with Crippen molar-refractivity contribution < 1.29 is 34.5 Å². The largest absolute Gasteiger partial charge is 0.478 e. The van der Waals surface area contributed by atoms with Gasteiger partial charge in [-0.1, -0.05) is 6.92 Å². The SMILES string of the molecule is CC(C)N1CCC(C)(c2c[nH]n3c2nc2cc(F)cc(C(N)=O)c23)CC1.O.O=C(O)/C=C\C(=O)O. The number of aromatic nitrogens is 3. The van der Waals surface area contributed by atoms with Crippen LogP contribution in [0.4, 0.5) is 4.39 Å². The summed E-state index contributed by atoms with van der Waals surface area (Å²) >= 11 is 0. The summed E-state index contributed by atoms with van der Waals surface area (Å²) in [5.41, 5.74) is 8.40. The van der Waals surface area contributed by atoms with Crippen molar-refractivity contribution in [3.8, 4) is 0 Å². The average Bonchev–Trinajstić information content (AvgIpc) is 3.31. The fraction of sp³-hybridized carbons (Fsp3) is 0.391. The summed E-state index contributed by atoms with van der Waals surface area (Å²) < 4.78 is 15.6. The first kappa shape index (κ1) is 27.5. The van der Waals surface area contributed by atoms with Gasteiger partial charge in [0.1, 0.15) is 11.3 Å². The van der Waals surface area contributed by atoms with Crippen molar-refractivity contribution in [1.82, 2.24) is 19.5 Å². The quantitative estimate of drug-likeness (QED) is 0.391. The summed E-state index contributed by atoms with van der Waals surface area (Å²) in [7, 11) is 0. The highest BCUT2D eigenvalue weighted by atomic mass is 19.1. The molecule has 0 radical (unpaired) electrons. The zero-order valence-corrected chi connectivity index (χ0v) is 19.7. The number of aromatic amines is 1. The number of nitrogens with two attached hydrogens (primary N) is 1. The summed E-state index contributed by atoms with van der Waals surface area (Å²) in [5.74, 6) is -3.69. The Morgan fingerprint density at radius 1 is 1.17 bits per heavy atom. The normalized spacial score (nSPS) is 15.7. The van der Waals surface area contributed by atoms with Crippen LogP contribution in [0.1, 0.15) is 49.5 Å². The number of nitrogens with zero attached hydrogens (tertiary/aromatic N) is 3. The number of likely N-dealkylation sites (tertiary alicyclic amines) is 1. The number of primary amides is 1. The lowest BCUT2D eigenvalue weighted by atomic mass is 9.75. The van der Waals surface area contributed by atoms with E-state index in [1.807, 2.05) is 6.20 Å². The standard InChI is InChI=1S/C19H24FN5O.C4H4O4.H2O/c1-11(2)24-6-4-19(3,5-7-24)14-10-22-25-16-13(17(21)26)8-12(20)9-15(16)23-18(14)25;5-3(6)1-2-4(7)8;/h8-11,22H,4-7H2,1-3H3,(H2,21,26);1-2H,(H,5,6)(H,7,8);1H2/b;2-1-;. The van der Waals surface area contributed by atoms with Crippen molar-refractivity contribution in [2.75, 3.05) is 13.1 Å². The van der Waals surface area contributed by atoms with Gasteiger partial charge in [0.2, 0.25) is 0 Å². The van der Waals surface area contributed by atoms with Crippen LogP contribution in [0.2, 0.25) is 0 Å². The van der Waals surface area contributed by atoms with Gasteiger partial charge in [-0.15, -0.1) is 0 Å². The lowest BCUT2D eigenvalue weighted by Crippen LogP contribution is -2.43. The molecule has 1 aliphatic heterocycles. The van der Waals surface area contributed by atoms with E-state index in [1.54, 1.807) is 4.52 Å². The number of rotatable bonds is 5. The van der Waals surface area contributed by atoms with Crippen LogP contribution in [0.3, 0.4) is 0 Å². The molecule has 1 aliphatic rings. The van der Waals surface area contributed by atoms with E-state index in [1.165, 1.54) is 12.1 Å². The highest BCUT2D eigenvalue weighted by Gasteiger charge is 2.35. The minimum Gasteiger partial charge on any atom is -0.478 e. The Morgan fingerprint density at radius 3 is 2.23 bits per heavy atom. The smallest absolute Gasteiger partial charge is 0.328 e. The molecule has 11 nitrogen and oxygen atoms in total. The molecule has 0 bridgehead atoms. The molecule has 12 heteroatoms. The number of nitrogens with one attached hydrogen (secondary N) is 1. The molecule has 3 aromatic rings. The minimum absolute atomic E-state index is 0. The van der Waals surface area contributed by atoms with Gasteiger partial charge in [-0.25, -0.2) is 23.5 Å². The second kappa shape index (κ2) is 10.7. The summed E-state index contributed by atoms with van der Waals surface area (Å²) in [6, 6.07) is 3.05. The first-order valence-corrected chi connectivity index (χ1v) is 10.8. The van der Waals surface area contributed by atoms with Gasteiger partial charge < -0.3 is 26.3 Å². The van der Waals surface area contributed by atoms with E-state index in [4.69, 9.17) is 15.9 Å². The third kappa shape index (κ3) is 5.84. The van der Waals surface area contributed by atoms with Gasteiger partial charge >= 0.3 is 11.9 Å². The Labute approximate surface area is 200 Å². The number of halogens is 1. The Hall–Kier alpha value is -3.77. The minimum atomic E-state index is -1.26. The zero-order valence-electron chi connectivity index (χ0n) is 19.7. The van der Waals surface area contributed by atoms with Gasteiger partial charge in [0.25, 0.3) is 5.91 Å². The predicted octanol–water partition coefficient (Wildman–Crippen LogP) is 1.70. The van der Waals surface area contributed by atoms with Crippen LogP contribution in [-0.4, -0.2) is 72.2 Å². The number of benzene rings is 1. The van der Waals surface area contributed by atoms with Gasteiger partial charge in [0.15, 0.2) is 5.65 Å². The monoisotopic (exact) mass is 491 g/mol. The van der Waals surface area contributed by atoms with Crippen molar-refractivity contribution >= 4 is 34.5 Å². The predicted molar refractivity (Wildman–Crippen MR) is 127 cm³/mol. The molecule has 0 saturated carbocycles. The van der Waals surface area contributed by atoms with Crippen molar-refractivity contribution in [1.29, 1.82) is 0 Å². The first-order chi connectivity index (χ1) is 15.9. The molecule has 1 saturated heterocycles. The van der Waals surface area contributed by atoms with Crippen LogP contribution in [0.15, 0.2) is 30.5 Å². The highest BCUT2D eigenvalue weighted by Crippen LogP contribution is 2.38. The molecule has 1 fully saturated rings. The van der Waals surface area contributed by atoms with E-state index in [2.05, 4.69) is 35.8 Å². The number of aliphatic carboxylic acids is 2. The highest BCUT2D eigenvalue weighted by molar-refractivity contribution is 6.05. The maximum atomic E-state index is 13.9. The van der Waals surface area contributed by atoms with E-state index in [-0.39, 0.29) is 16.5 Å². The Morgan fingerprint density at radius 2 is 1.74 bits per heavy atom. The molecular formula is C23H30FN5O6. The average molecular weight is 492 g/mol. The van der Waals surface area contributed by atoms with Gasteiger partial charge in [0, 0.05) is 41.4 Å². The van der Waals surface area contributed by atoms with Crippen LogP contribution in [0.5, 0.6) is 0 Å². The van der Waals surface area contributed by atoms with Crippen molar-refractivity contribution in [3.63, 3.8) is 0 Å². The molecule has 7 N–H and O–H groups in total. The second-order valence-electron chi connectivity index (χ2n) is 8.84. The molecule has 0 unspecified atom stereocenters. The molecule has 4 rings (SSSR count). The number of carboxylic acids is 2. The summed E-state index contributed by atoms with van der Waals surface area (Å²) in [5, 5.41) is 18.8. The number of imidazole rings is 1. The number of fused-ring (bicyclic) bond motifs is 3. The topological polar surface area (TPSA) is 186 Å². The van der Waals surface area contributed by atoms with Crippen LogP contribution < -0.4 is 5.73 Å².